The minimum Gasteiger partial charge on any atom is -0.378 e. The van der Waals surface area contributed by atoms with E-state index in [-0.39, 0.29) is 0 Å². The van der Waals surface area contributed by atoms with Crippen molar-refractivity contribution in [3.8, 4) is 0 Å². The van der Waals surface area contributed by atoms with E-state index < -0.39 is 0 Å². The molecule has 92 valence electrons. The normalized spacial score (nSPS) is 22.5. The Bertz CT molecular complexity index is 372. The summed E-state index contributed by atoms with van der Waals surface area (Å²) in [7, 11) is 0. The van der Waals surface area contributed by atoms with Gasteiger partial charge in [0.05, 0.1) is 19.3 Å². The van der Waals surface area contributed by atoms with Crippen molar-refractivity contribution in [2.45, 2.75) is 6.04 Å². The molecule has 0 aromatic carbocycles. The summed E-state index contributed by atoms with van der Waals surface area (Å²) >= 11 is 3.41. The van der Waals surface area contributed by atoms with Crippen LogP contribution in [0.5, 0.6) is 0 Å². The number of aromatic nitrogens is 1. The summed E-state index contributed by atoms with van der Waals surface area (Å²) in [5.41, 5.74) is 0. The number of halogens is 1. The molecule has 0 saturated carbocycles. The fourth-order valence-corrected chi connectivity index (χ4v) is 2.54. The van der Waals surface area contributed by atoms with Gasteiger partial charge in [-0.05, 0) is 28.1 Å². The molecule has 0 amide bonds. The summed E-state index contributed by atoms with van der Waals surface area (Å²) in [6, 6.07) is 4.79. The Balaban J connectivity index is 1.58. The summed E-state index contributed by atoms with van der Waals surface area (Å²) in [5.74, 6) is 1.08. The van der Waals surface area contributed by atoms with Crippen LogP contribution < -0.4 is 4.90 Å². The Morgan fingerprint density at radius 1 is 1.18 bits per heavy atom. The third kappa shape index (κ3) is 2.46. The third-order valence-electron chi connectivity index (χ3n) is 3.49. The standard InChI is InChI=1S/C12H16BrN3O/c13-10-1-2-12(14-7-10)16-5-3-15(4-6-16)11-8-17-9-11/h1-2,7,11H,3-6,8-9H2. The third-order valence-corrected chi connectivity index (χ3v) is 3.96. The molecular weight excluding hydrogens is 282 g/mol. The fourth-order valence-electron chi connectivity index (χ4n) is 2.31. The molecule has 0 unspecified atom stereocenters. The first-order valence-corrected chi connectivity index (χ1v) is 6.80. The van der Waals surface area contributed by atoms with E-state index >= 15 is 0 Å². The predicted octanol–water partition coefficient (Wildman–Crippen LogP) is 1.36. The van der Waals surface area contributed by atoms with Gasteiger partial charge in [-0.15, -0.1) is 0 Å². The Kier molecular flexibility index (Phi) is 3.31. The largest absolute Gasteiger partial charge is 0.378 e. The molecule has 0 bridgehead atoms. The van der Waals surface area contributed by atoms with Crippen molar-refractivity contribution in [3.05, 3.63) is 22.8 Å². The molecule has 17 heavy (non-hydrogen) atoms. The molecule has 3 rings (SSSR count). The number of nitrogens with zero attached hydrogens (tertiary/aromatic N) is 3. The van der Waals surface area contributed by atoms with Gasteiger partial charge in [0.15, 0.2) is 0 Å². The number of hydrogen-bond donors (Lipinski definition) is 0. The van der Waals surface area contributed by atoms with E-state index in [0.717, 1.165) is 49.7 Å². The lowest BCUT2D eigenvalue weighted by Gasteiger charge is -2.42. The highest BCUT2D eigenvalue weighted by Gasteiger charge is 2.28. The number of piperazine rings is 1. The van der Waals surface area contributed by atoms with Crippen LogP contribution in [0, 0.1) is 0 Å². The molecule has 3 heterocycles. The maximum atomic E-state index is 5.24. The lowest BCUT2D eigenvalue weighted by Crippen LogP contribution is -2.56. The first kappa shape index (κ1) is 11.4. The van der Waals surface area contributed by atoms with Crippen molar-refractivity contribution in [2.24, 2.45) is 0 Å². The first-order chi connectivity index (χ1) is 8.33. The summed E-state index contributed by atoms with van der Waals surface area (Å²) in [5, 5.41) is 0. The van der Waals surface area contributed by atoms with Crippen molar-refractivity contribution < 1.29 is 4.74 Å². The van der Waals surface area contributed by atoms with Crippen molar-refractivity contribution in [1.29, 1.82) is 0 Å². The zero-order valence-electron chi connectivity index (χ0n) is 9.68. The number of anilines is 1. The van der Waals surface area contributed by atoms with Gasteiger partial charge >= 0.3 is 0 Å². The molecule has 2 aliphatic rings. The van der Waals surface area contributed by atoms with Crippen LogP contribution in [0.2, 0.25) is 0 Å². The SMILES string of the molecule is Brc1ccc(N2CCN(C3COC3)CC2)nc1. The second-order valence-electron chi connectivity index (χ2n) is 4.55. The van der Waals surface area contributed by atoms with Crippen molar-refractivity contribution in [3.63, 3.8) is 0 Å². The van der Waals surface area contributed by atoms with Gasteiger partial charge in [-0.2, -0.15) is 0 Å². The van der Waals surface area contributed by atoms with Gasteiger partial charge in [-0.1, -0.05) is 0 Å². The van der Waals surface area contributed by atoms with E-state index in [1.807, 2.05) is 6.20 Å². The Morgan fingerprint density at radius 2 is 1.94 bits per heavy atom. The van der Waals surface area contributed by atoms with Gasteiger partial charge in [-0.25, -0.2) is 4.98 Å². The average molecular weight is 298 g/mol. The van der Waals surface area contributed by atoms with Crippen LogP contribution >= 0.6 is 15.9 Å². The quantitative estimate of drug-likeness (QED) is 0.824. The minimum absolute atomic E-state index is 0.662. The molecule has 4 nitrogen and oxygen atoms in total. The second-order valence-corrected chi connectivity index (χ2v) is 5.46. The van der Waals surface area contributed by atoms with Crippen LogP contribution in [0.25, 0.3) is 0 Å². The van der Waals surface area contributed by atoms with Crippen molar-refractivity contribution in [2.75, 3.05) is 44.3 Å². The summed E-state index contributed by atoms with van der Waals surface area (Å²) < 4.78 is 6.27. The van der Waals surface area contributed by atoms with Crippen molar-refractivity contribution >= 4 is 21.7 Å². The molecule has 5 heteroatoms. The van der Waals surface area contributed by atoms with Crippen LogP contribution in [0.3, 0.4) is 0 Å². The average Bonchev–Trinajstić information content (AvgIpc) is 2.29. The Labute approximate surface area is 110 Å². The Morgan fingerprint density at radius 3 is 2.47 bits per heavy atom. The maximum absolute atomic E-state index is 5.24. The zero-order chi connectivity index (χ0) is 11.7. The van der Waals surface area contributed by atoms with Gasteiger partial charge in [0, 0.05) is 36.8 Å². The Hall–Kier alpha value is -0.650. The molecule has 1 aromatic rings. The minimum atomic E-state index is 0.662. The highest BCUT2D eigenvalue weighted by atomic mass is 79.9. The molecule has 2 aliphatic heterocycles. The van der Waals surface area contributed by atoms with E-state index in [0.29, 0.717) is 6.04 Å². The van der Waals surface area contributed by atoms with Crippen LogP contribution in [0.15, 0.2) is 22.8 Å². The summed E-state index contributed by atoms with van der Waals surface area (Å²) in [6.07, 6.45) is 1.86. The van der Waals surface area contributed by atoms with E-state index in [4.69, 9.17) is 4.74 Å². The van der Waals surface area contributed by atoms with E-state index in [9.17, 15) is 0 Å². The maximum Gasteiger partial charge on any atom is 0.128 e. The van der Waals surface area contributed by atoms with Crippen molar-refractivity contribution in [1.82, 2.24) is 9.88 Å². The molecule has 0 aliphatic carbocycles. The number of pyridine rings is 1. The number of hydrogen-bond acceptors (Lipinski definition) is 4. The first-order valence-electron chi connectivity index (χ1n) is 6.01. The molecule has 1 aromatic heterocycles. The van der Waals surface area contributed by atoms with Gasteiger partial charge < -0.3 is 9.64 Å². The smallest absolute Gasteiger partial charge is 0.128 e. The lowest BCUT2D eigenvalue weighted by molar-refractivity contribution is -0.0661. The monoisotopic (exact) mass is 297 g/mol. The number of ether oxygens (including phenoxy) is 1. The molecule has 0 radical (unpaired) electrons. The van der Waals surface area contributed by atoms with E-state index in [2.05, 4.69) is 42.8 Å². The predicted molar refractivity (Wildman–Crippen MR) is 70.3 cm³/mol. The molecular formula is C12H16BrN3O. The van der Waals surface area contributed by atoms with Crippen LogP contribution in [-0.2, 0) is 4.74 Å². The molecule has 0 N–H and O–H groups in total. The van der Waals surface area contributed by atoms with Gasteiger partial charge in [0.2, 0.25) is 0 Å². The second kappa shape index (κ2) is 4.92. The van der Waals surface area contributed by atoms with Gasteiger partial charge in [0.1, 0.15) is 5.82 Å². The topological polar surface area (TPSA) is 28.6 Å². The van der Waals surface area contributed by atoms with Crippen LogP contribution in [0.1, 0.15) is 0 Å². The molecule has 2 fully saturated rings. The van der Waals surface area contributed by atoms with Gasteiger partial charge in [0.25, 0.3) is 0 Å². The molecule has 0 spiro atoms. The highest BCUT2D eigenvalue weighted by molar-refractivity contribution is 9.10. The zero-order valence-corrected chi connectivity index (χ0v) is 11.3. The summed E-state index contributed by atoms with van der Waals surface area (Å²) in [6.45, 7) is 6.18. The fraction of sp³-hybridized carbons (Fsp3) is 0.583. The van der Waals surface area contributed by atoms with Gasteiger partial charge in [-0.3, -0.25) is 4.90 Å². The highest BCUT2D eigenvalue weighted by Crippen LogP contribution is 2.18. The van der Waals surface area contributed by atoms with Crippen LogP contribution in [-0.4, -0.2) is 55.3 Å². The van der Waals surface area contributed by atoms with E-state index in [1.54, 1.807) is 0 Å². The molecule has 2 saturated heterocycles. The molecule has 0 atom stereocenters. The summed E-state index contributed by atoms with van der Waals surface area (Å²) in [4.78, 5) is 9.32. The lowest BCUT2D eigenvalue weighted by atomic mass is 10.2. The van der Waals surface area contributed by atoms with E-state index in [1.165, 1.54) is 0 Å². The van der Waals surface area contributed by atoms with Crippen LogP contribution in [0.4, 0.5) is 5.82 Å². The number of rotatable bonds is 2.